The number of nitrogens with one attached hydrogen (secondary N) is 1. The van der Waals surface area contributed by atoms with Crippen molar-refractivity contribution in [2.24, 2.45) is 5.41 Å². The summed E-state index contributed by atoms with van der Waals surface area (Å²) in [6, 6.07) is 0.216. The average Bonchev–Trinajstić information content (AvgIpc) is 2.47. The number of amides is 2. The van der Waals surface area contributed by atoms with E-state index in [4.69, 9.17) is 0 Å². The molecule has 2 rings (SSSR count). The molecule has 0 saturated carbocycles. The van der Waals surface area contributed by atoms with Crippen LogP contribution in [0.25, 0.3) is 0 Å². The molecule has 0 radical (unpaired) electrons. The van der Waals surface area contributed by atoms with Crippen LogP contribution in [0.3, 0.4) is 0 Å². The Balaban J connectivity index is 1.96. The maximum atomic E-state index is 12.3. The first-order valence-corrected chi connectivity index (χ1v) is 8.31. The van der Waals surface area contributed by atoms with Crippen LogP contribution in [0.15, 0.2) is 23.3 Å². The maximum Gasteiger partial charge on any atom is 0.246 e. The second kappa shape index (κ2) is 7.12. The Morgan fingerprint density at radius 1 is 1.32 bits per heavy atom. The highest BCUT2D eigenvalue weighted by molar-refractivity contribution is 5.88. The van der Waals surface area contributed by atoms with Gasteiger partial charge >= 0.3 is 0 Å². The van der Waals surface area contributed by atoms with Crippen molar-refractivity contribution in [3.63, 3.8) is 0 Å². The fourth-order valence-corrected chi connectivity index (χ4v) is 3.63. The molecule has 1 aliphatic heterocycles. The topological polar surface area (TPSA) is 49.4 Å². The molecule has 122 valence electrons. The molecule has 1 saturated heterocycles. The van der Waals surface area contributed by atoms with Crippen LogP contribution in [-0.2, 0) is 9.59 Å². The number of hydrogen-bond acceptors (Lipinski definition) is 2. The molecule has 0 bridgehead atoms. The lowest BCUT2D eigenvalue weighted by Gasteiger charge is -2.33. The first-order valence-electron chi connectivity index (χ1n) is 8.31. The van der Waals surface area contributed by atoms with Crippen LogP contribution in [0.5, 0.6) is 0 Å². The quantitative estimate of drug-likeness (QED) is 0.641. The highest BCUT2D eigenvalue weighted by Crippen LogP contribution is 2.40. The van der Waals surface area contributed by atoms with Crippen LogP contribution < -0.4 is 5.32 Å². The van der Waals surface area contributed by atoms with E-state index < -0.39 is 0 Å². The molecular weight excluding hydrogens is 276 g/mol. The highest BCUT2D eigenvalue weighted by atomic mass is 16.2. The SMILES string of the molecule is CC1=C(/C=C/C(=O)N2CCC(NC=O)CC2)C(C)(C)CCC1. The van der Waals surface area contributed by atoms with E-state index in [1.54, 1.807) is 6.08 Å². The minimum atomic E-state index is 0.0891. The molecule has 1 heterocycles. The molecule has 0 atom stereocenters. The van der Waals surface area contributed by atoms with E-state index >= 15 is 0 Å². The Labute approximate surface area is 133 Å². The average molecular weight is 304 g/mol. The van der Waals surface area contributed by atoms with Crippen molar-refractivity contribution in [1.29, 1.82) is 0 Å². The van der Waals surface area contributed by atoms with Crippen LogP contribution in [0.4, 0.5) is 0 Å². The third kappa shape index (κ3) is 3.99. The molecule has 0 unspecified atom stereocenters. The lowest BCUT2D eigenvalue weighted by atomic mass is 9.72. The molecule has 1 aliphatic carbocycles. The van der Waals surface area contributed by atoms with E-state index in [2.05, 4.69) is 26.1 Å². The summed E-state index contributed by atoms with van der Waals surface area (Å²) in [6.45, 7) is 8.14. The predicted octanol–water partition coefficient (Wildman–Crippen LogP) is 2.81. The fraction of sp³-hybridized carbons (Fsp3) is 0.667. The molecule has 2 amide bonds. The van der Waals surface area contributed by atoms with E-state index in [9.17, 15) is 9.59 Å². The standard InChI is InChI=1S/C18H28N2O2/c1-14-5-4-10-18(2,3)16(14)6-7-17(22)20-11-8-15(9-12-20)19-13-21/h6-7,13,15H,4-5,8-12H2,1-3H3,(H,19,21)/b7-6+. The fourth-order valence-electron chi connectivity index (χ4n) is 3.63. The van der Waals surface area contributed by atoms with Gasteiger partial charge < -0.3 is 10.2 Å². The lowest BCUT2D eigenvalue weighted by Crippen LogP contribution is -2.44. The summed E-state index contributed by atoms with van der Waals surface area (Å²) in [5.74, 6) is 0.0891. The van der Waals surface area contributed by atoms with Gasteiger partial charge in [-0.05, 0) is 50.0 Å². The zero-order chi connectivity index (χ0) is 16.2. The van der Waals surface area contributed by atoms with Crippen LogP contribution in [0.1, 0.15) is 52.9 Å². The van der Waals surface area contributed by atoms with Gasteiger partial charge in [0.25, 0.3) is 0 Å². The normalized spacial score (nSPS) is 23.0. The molecule has 0 aromatic carbocycles. The van der Waals surface area contributed by atoms with E-state index in [0.29, 0.717) is 0 Å². The Morgan fingerprint density at radius 3 is 2.59 bits per heavy atom. The minimum Gasteiger partial charge on any atom is -0.356 e. The third-order valence-electron chi connectivity index (χ3n) is 5.05. The number of carbonyl (C=O) groups is 2. The van der Waals surface area contributed by atoms with Gasteiger partial charge in [-0.1, -0.05) is 25.5 Å². The van der Waals surface area contributed by atoms with Crippen molar-refractivity contribution in [1.82, 2.24) is 10.2 Å². The lowest BCUT2D eigenvalue weighted by molar-refractivity contribution is -0.127. The van der Waals surface area contributed by atoms with Crippen LogP contribution in [0, 0.1) is 5.41 Å². The van der Waals surface area contributed by atoms with E-state index in [-0.39, 0.29) is 17.4 Å². The van der Waals surface area contributed by atoms with Crippen molar-refractivity contribution in [2.45, 2.75) is 58.9 Å². The summed E-state index contributed by atoms with van der Waals surface area (Å²) >= 11 is 0. The van der Waals surface area contributed by atoms with Crippen molar-refractivity contribution >= 4 is 12.3 Å². The maximum absolute atomic E-state index is 12.3. The van der Waals surface area contributed by atoms with E-state index in [0.717, 1.165) is 38.8 Å². The van der Waals surface area contributed by atoms with Gasteiger partial charge in [0.15, 0.2) is 0 Å². The summed E-state index contributed by atoms with van der Waals surface area (Å²) in [7, 11) is 0. The number of nitrogens with zero attached hydrogens (tertiary/aromatic N) is 1. The molecule has 0 aromatic heterocycles. The molecular formula is C18H28N2O2. The Hall–Kier alpha value is -1.58. The molecule has 4 heteroatoms. The van der Waals surface area contributed by atoms with Crippen molar-refractivity contribution in [2.75, 3.05) is 13.1 Å². The zero-order valence-corrected chi connectivity index (χ0v) is 14.0. The molecule has 0 aromatic rings. The van der Waals surface area contributed by atoms with Gasteiger partial charge in [-0.15, -0.1) is 0 Å². The highest BCUT2D eigenvalue weighted by Gasteiger charge is 2.27. The van der Waals surface area contributed by atoms with E-state index in [1.165, 1.54) is 24.0 Å². The zero-order valence-electron chi connectivity index (χ0n) is 14.0. The number of hydrogen-bond donors (Lipinski definition) is 1. The largest absolute Gasteiger partial charge is 0.356 e. The Bertz CT molecular complexity index is 483. The van der Waals surface area contributed by atoms with Gasteiger partial charge in [-0.3, -0.25) is 9.59 Å². The molecule has 1 N–H and O–H groups in total. The summed E-state index contributed by atoms with van der Waals surface area (Å²) in [5, 5.41) is 2.80. The smallest absolute Gasteiger partial charge is 0.246 e. The third-order valence-corrected chi connectivity index (χ3v) is 5.05. The van der Waals surface area contributed by atoms with Crippen LogP contribution in [-0.4, -0.2) is 36.3 Å². The molecule has 0 spiro atoms. The Kier molecular flexibility index (Phi) is 5.43. The number of carbonyl (C=O) groups excluding carboxylic acids is 2. The van der Waals surface area contributed by atoms with Crippen LogP contribution >= 0.6 is 0 Å². The summed E-state index contributed by atoms with van der Waals surface area (Å²) in [5.41, 5.74) is 2.90. The number of piperidine rings is 1. The van der Waals surface area contributed by atoms with Gasteiger partial charge in [-0.2, -0.15) is 0 Å². The summed E-state index contributed by atoms with van der Waals surface area (Å²) in [4.78, 5) is 24.7. The minimum absolute atomic E-state index is 0.0891. The Morgan fingerprint density at radius 2 is 2.00 bits per heavy atom. The second-order valence-electron chi connectivity index (χ2n) is 7.15. The first kappa shape index (κ1) is 16.8. The molecule has 2 aliphatic rings. The predicted molar refractivity (Wildman–Crippen MR) is 88.3 cm³/mol. The summed E-state index contributed by atoms with van der Waals surface area (Å²) < 4.78 is 0. The number of rotatable bonds is 4. The number of likely N-dealkylation sites (tertiary alicyclic amines) is 1. The first-order chi connectivity index (χ1) is 10.4. The summed E-state index contributed by atoms with van der Waals surface area (Å²) in [6.07, 6.45) is 9.76. The van der Waals surface area contributed by atoms with Gasteiger partial charge in [0.2, 0.25) is 12.3 Å². The van der Waals surface area contributed by atoms with Gasteiger partial charge in [0, 0.05) is 25.2 Å². The van der Waals surface area contributed by atoms with Gasteiger partial charge in [0.05, 0.1) is 0 Å². The monoisotopic (exact) mass is 304 g/mol. The van der Waals surface area contributed by atoms with Gasteiger partial charge in [-0.25, -0.2) is 0 Å². The van der Waals surface area contributed by atoms with Crippen molar-refractivity contribution < 1.29 is 9.59 Å². The molecule has 22 heavy (non-hydrogen) atoms. The van der Waals surface area contributed by atoms with Crippen LogP contribution in [0.2, 0.25) is 0 Å². The number of allylic oxidation sites excluding steroid dienone is 3. The van der Waals surface area contributed by atoms with Gasteiger partial charge in [0.1, 0.15) is 0 Å². The molecule has 4 nitrogen and oxygen atoms in total. The molecule has 1 fully saturated rings. The van der Waals surface area contributed by atoms with Crippen molar-refractivity contribution in [3.05, 3.63) is 23.3 Å². The van der Waals surface area contributed by atoms with Crippen molar-refractivity contribution in [3.8, 4) is 0 Å². The second-order valence-corrected chi connectivity index (χ2v) is 7.15. The van der Waals surface area contributed by atoms with E-state index in [1.807, 2.05) is 11.0 Å².